The summed E-state index contributed by atoms with van der Waals surface area (Å²) >= 11 is 0. The van der Waals surface area contributed by atoms with E-state index in [0.717, 1.165) is 6.42 Å². The van der Waals surface area contributed by atoms with Gasteiger partial charge in [-0.15, -0.1) is 0 Å². The molecule has 1 heterocycles. The maximum Gasteiger partial charge on any atom is 0.328 e. The zero-order chi connectivity index (χ0) is 13.9. The summed E-state index contributed by atoms with van der Waals surface area (Å²) in [4.78, 5) is 35.1. The first-order valence-electron chi connectivity index (χ1n) is 6.48. The number of carbonyl (C=O) groups is 3. The molecule has 0 aromatic carbocycles. The molecule has 18 heavy (non-hydrogen) atoms. The molecule has 1 atom stereocenters. The fraction of sp³-hybridized carbons (Fsp3) is 0.769. The topological polar surface area (TPSA) is 75.3 Å². The fourth-order valence-corrected chi connectivity index (χ4v) is 2.71. The number of hydrogen-bond acceptors (Lipinski definition) is 3. The maximum atomic E-state index is 12.0. The van der Waals surface area contributed by atoms with Gasteiger partial charge in [-0.2, -0.15) is 0 Å². The van der Waals surface area contributed by atoms with E-state index in [9.17, 15) is 14.4 Å². The predicted octanol–water partition coefficient (Wildman–Crippen LogP) is 1.82. The molecule has 1 saturated heterocycles. The van der Waals surface area contributed by atoms with Crippen LogP contribution in [0.3, 0.4) is 0 Å². The Balaban J connectivity index is 2.87. The smallest absolute Gasteiger partial charge is 0.277 e. The Hall–Kier alpha value is -1.39. The molecule has 0 aromatic rings. The van der Waals surface area contributed by atoms with Gasteiger partial charge in [-0.05, 0) is 31.1 Å². The van der Waals surface area contributed by atoms with Crippen LogP contribution in [-0.2, 0) is 9.59 Å². The molecule has 1 fully saturated rings. The molecule has 1 aliphatic heterocycles. The highest BCUT2D eigenvalue weighted by molar-refractivity contribution is 6.19. The van der Waals surface area contributed by atoms with Gasteiger partial charge in [-0.25, -0.2) is 4.79 Å². The van der Waals surface area contributed by atoms with Crippen LogP contribution in [0, 0.1) is 17.3 Å². The van der Waals surface area contributed by atoms with Gasteiger partial charge >= 0.3 is 6.03 Å². The highest BCUT2D eigenvalue weighted by Gasteiger charge is 2.49. The van der Waals surface area contributed by atoms with Crippen molar-refractivity contribution in [1.82, 2.24) is 10.6 Å². The Labute approximate surface area is 108 Å². The van der Waals surface area contributed by atoms with Crippen LogP contribution in [-0.4, -0.2) is 17.8 Å². The summed E-state index contributed by atoms with van der Waals surface area (Å²) in [5, 5.41) is 4.40. The Morgan fingerprint density at radius 3 is 1.94 bits per heavy atom. The van der Waals surface area contributed by atoms with Crippen molar-refractivity contribution in [2.45, 2.75) is 47.0 Å². The second kappa shape index (κ2) is 5.50. The number of rotatable bonds is 5. The van der Waals surface area contributed by atoms with Gasteiger partial charge in [0.2, 0.25) is 11.8 Å². The van der Waals surface area contributed by atoms with Crippen LogP contribution < -0.4 is 10.6 Å². The molecule has 0 bridgehead atoms. The normalized spacial score (nSPS) is 20.6. The van der Waals surface area contributed by atoms with Gasteiger partial charge in [0.25, 0.3) is 0 Å². The van der Waals surface area contributed by atoms with E-state index in [2.05, 4.69) is 24.5 Å². The summed E-state index contributed by atoms with van der Waals surface area (Å²) in [5.74, 6) is -0.149. The van der Waals surface area contributed by atoms with Crippen molar-refractivity contribution in [3.63, 3.8) is 0 Å². The third-order valence-corrected chi connectivity index (χ3v) is 3.50. The van der Waals surface area contributed by atoms with Crippen LogP contribution in [0.1, 0.15) is 47.0 Å². The molecule has 5 heteroatoms. The van der Waals surface area contributed by atoms with Crippen LogP contribution in [0.25, 0.3) is 0 Å². The van der Waals surface area contributed by atoms with E-state index in [4.69, 9.17) is 0 Å². The summed E-state index contributed by atoms with van der Waals surface area (Å²) in [5.41, 5.74) is -1.10. The summed E-state index contributed by atoms with van der Waals surface area (Å²) in [6.07, 6.45) is 1.84. The van der Waals surface area contributed by atoms with Crippen LogP contribution in [0.15, 0.2) is 0 Å². The van der Waals surface area contributed by atoms with Crippen molar-refractivity contribution in [1.29, 1.82) is 0 Å². The van der Waals surface area contributed by atoms with Crippen molar-refractivity contribution in [3.05, 3.63) is 0 Å². The van der Waals surface area contributed by atoms with Crippen LogP contribution in [0.5, 0.6) is 0 Å². The Morgan fingerprint density at radius 2 is 1.56 bits per heavy atom. The summed E-state index contributed by atoms with van der Waals surface area (Å²) in [6.45, 7) is 8.06. The van der Waals surface area contributed by atoms with Gasteiger partial charge in [-0.1, -0.05) is 27.7 Å². The van der Waals surface area contributed by atoms with Crippen molar-refractivity contribution in [2.24, 2.45) is 17.3 Å². The average molecular weight is 254 g/mol. The lowest BCUT2D eigenvalue weighted by Gasteiger charge is -2.35. The maximum absolute atomic E-state index is 12.0. The molecule has 0 aromatic heterocycles. The van der Waals surface area contributed by atoms with Gasteiger partial charge in [-0.3, -0.25) is 20.2 Å². The zero-order valence-corrected chi connectivity index (χ0v) is 11.5. The first-order chi connectivity index (χ1) is 8.31. The lowest BCUT2D eigenvalue weighted by Crippen LogP contribution is -2.62. The van der Waals surface area contributed by atoms with E-state index in [1.165, 1.54) is 0 Å². The van der Waals surface area contributed by atoms with E-state index < -0.39 is 23.3 Å². The van der Waals surface area contributed by atoms with E-state index in [1.54, 1.807) is 6.92 Å². The molecule has 2 N–H and O–H groups in total. The zero-order valence-electron chi connectivity index (χ0n) is 11.5. The number of imide groups is 2. The quantitative estimate of drug-likeness (QED) is 0.735. The molecule has 0 spiro atoms. The fourth-order valence-electron chi connectivity index (χ4n) is 2.71. The molecule has 0 radical (unpaired) electrons. The predicted molar refractivity (Wildman–Crippen MR) is 67.6 cm³/mol. The van der Waals surface area contributed by atoms with E-state index in [1.807, 2.05) is 6.92 Å². The molecule has 102 valence electrons. The third kappa shape index (κ3) is 2.89. The summed E-state index contributed by atoms with van der Waals surface area (Å²) < 4.78 is 0. The van der Waals surface area contributed by atoms with Gasteiger partial charge in [0.1, 0.15) is 5.41 Å². The molecule has 4 amide bonds. The number of amides is 4. The SMILES string of the molecule is CCC1(CC(C)CC(C)C)C(=O)NC(=O)NC1=O. The van der Waals surface area contributed by atoms with Gasteiger partial charge < -0.3 is 0 Å². The average Bonchev–Trinajstić information content (AvgIpc) is 2.22. The molecular formula is C13H22N2O3. The van der Waals surface area contributed by atoms with Gasteiger partial charge in [0.05, 0.1) is 0 Å². The molecule has 0 saturated carbocycles. The Morgan fingerprint density at radius 1 is 1.06 bits per heavy atom. The van der Waals surface area contributed by atoms with Gasteiger partial charge in [0, 0.05) is 0 Å². The number of carbonyl (C=O) groups excluding carboxylic acids is 3. The third-order valence-electron chi connectivity index (χ3n) is 3.50. The number of urea groups is 1. The second-order valence-corrected chi connectivity index (χ2v) is 5.61. The van der Waals surface area contributed by atoms with Crippen molar-refractivity contribution >= 4 is 17.8 Å². The van der Waals surface area contributed by atoms with Crippen molar-refractivity contribution < 1.29 is 14.4 Å². The molecule has 5 nitrogen and oxygen atoms in total. The van der Waals surface area contributed by atoms with E-state index >= 15 is 0 Å². The Kier molecular flexibility index (Phi) is 4.48. The summed E-state index contributed by atoms with van der Waals surface area (Å²) in [6, 6.07) is -0.717. The highest BCUT2D eigenvalue weighted by atomic mass is 16.2. The molecule has 1 aliphatic rings. The summed E-state index contributed by atoms with van der Waals surface area (Å²) in [7, 11) is 0. The minimum Gasteiger partial charge on any atom is -0.277 e. The van der Waals surface area contributed by atoms with Crippen LogP contribution in [0.4, 0.5) is 4.79 Å². The van der Waals surface area contributed by atoms with E-state index in [0.29, 0.717) is 18.8 Å². The van der Waals surface area contributed by atoms with Crippen LogP contribution in [0.2, 0.25) is 0 Å². The van der Waals surface area contributed by atoms with Crippen molar-refractivity contribution in [3.8, 4) is 0 Å². The monoisotopic (exact) mass is 254 g/mol. The van der Waals surface area contributed by atoms with E-state index in [-0.39, 0.29) is 5.92 Å². The standard InChI is InChI=1S/C13H22N2O3/c1-5-13(7-9(4)6-8(2)3)10(16)14-12(18)15-11(13)17/h8-9H,5-7H2,1-4H3,(H2,14,15,16,17,18). The lowest BCUT2D eigenvalue weighted by molar-refractivity contribution is -0.146. The highest BCUT2D eigenvalue weighted by Crippen LogP contribution is 2.34. The number of barbiturate groups is 1. The lowest BCUT2D eigenvalue weighted by atomic mass is 9.73. The molecular weight excluding hydrogens is 232 g/mol. The molecule has 1 rings (SSSR count). The first-order valence-corrected chi connectivity index (χ1v) is 6.48. The number of hydrogen-bond donors (Lipinski definition) is 2. The molecule has 1 unspecified atom stereocenters. The minimum absolute atomic E-state index is 0.259. The largest absolute Gasteiger partial charge is 0.328 e. The van der Waals surface area contributed by atoms with Crippen LogP contribution >= 0.6 is 0 Å². The van der Waals surface area contributed by atoms with Gasteiger partial charge in [0.15, 0.2) is 0 Å². The number of nitrogens with one attached hydrogen (secondary N) is 2. The Bertz CT molecular complexity index is 343. The minimum atomic E-state index is -1.10. The first kappa shape index (κ1) is 14.7. The molecule has 0 aliphatic carbocycles. The van der Waals surface area contributed by atoms with Crippen molar-refractivity contribution in [2.75, 3.05) is 0 Å². The second-order valence-electron chi connectivity index (χ2n) is 5.61.